The van der Waals surface area contributed by atoms with Crippen LogP contribution in [0.25, 0.3) is 22.5 Å². The molecule has 50 heavy (non-hydrogen) atoms. The Hall–Kier alpha value is -4.63. The number of ether oxygens (including phenoxy) is 2. The second-order valence-electron chi connectivity index (χ2n) is 14.2. The second-order valence-corrected chi connectivity index (χ2v) is 14.6. The third kappa shape index (κ3) is 7.15. The first-order valence-electron chi connectivity index (χ1n) is 17.7. The zero-order chi connectivity index (χ0) is 34.4. The molecule has 1 saturated heterocycles. The summed E-state index contributed by atoms with van der Waals surface area (Å²) in [5.41, 5.74) is 7.87. The number of hydrogen-bond donors (Lipinski definition) is 0. The van der Waals surface area contributed by atoms with Gasteiger partial charge in [-0.05, 0) is 79.8 Å². The molecule has 2 atom stereocenters. The van der Waals surface area contributed by atoms with Gasteiger partial charge in [0.2, 0.25) is 5.88 Å². The maximum atomic E-state index is 12.5. The minimum absolute atomic E-state index is 0.0860. The molecule has 2 aromatic carbocycles. The van der Waals surface area contributed by atoms with Crippen molar-refractivity contribution in [1.29, 1.82) is 0 Å². The first-order chi connectivity index (χ1) is 24.3. The van der Waals surface area contributed by atoms with E-state index in [9.17, 15) is 9.59 Å². The number of fused-ring (bicyclic) bond motifs is 6. The molecule has 3 fully saturated rings. The van der Waals surface area contributed by atoms with Gasteiger partial charge in [-0.3, -0.25) is 9.13 Å². The third-order valence-electron chi connectivity index (χ3n) is 9.96. The summed E-state index contributed by atoms with van der Waals surface area (Å²) in [7, 11) is 0. The Morgan fingerprint density at radius 1 is 0.820 bits per heavy atom. The average Bonchev–Trinajstić information content (AvgIpc) is 4.01. The molecule has 0 amide bonds. The number of aromatic nitrogens is 4. The minimum atomic E-state index is -0.277. The van der Waals surface area contributed by atoms with Crippen LogP contribution in [-0.4, -0.2) is 37.9 Å². The molecule has 2 aliphatic carbocycles. The number of aryl methyl sites for hydroxylation is 2. The number of nitrogens with zero attached hydrogens (tertiary/aromatic N) is 4. The monoisotopic (exact) mass is 686 g/mol. The molecule has 0 spiro atoms. The number of rotatable bonds is 4. The van der Waals surface area contributed by atoms with Crippen molar-refractivity contribution in [3.05, 3.63) is 96.9 Å². The van der Waals surface area contributed by atoms with E-state index in [4.69, 9.17) is 21.1 Å². The van der Waals surface area contributed by atoms with Crippen molar-refractivity contribution in [2.75, 3.05) is 6.61 Å². The van der Waals surface area contributed by atoms with E-state index < -0.39 is 0 Å². The maximum absolute atomic E-state index is 12.5. The van der Waals surface area contributed by atoms with Crippen molar-refractivity contribution in [2.45, 2.75) is 84.1 Å². The van der Waals surface area contributed by atoms with Crippen LogP contribution in [0.15, 0.2) is 58.1 Å². The fraction of sp³-hybridized carbons (Fsp3) is 0.415. The van der Waals surface area contributed by atoms with Gasteiger partial charge in [-0.15, -0.1) is 0 Å². The van der Waals surface area contributed by atoms with Gasteiger partial charge in [0.05, 0.1) is 23.6 Å². The molecule has 8 nitrogen and oxygen atoms in total. The lowest BCUT2D eigenvalue weighted by Gasteiger charge is -2.38. The van der Waals surface area contributed by atoms with Crippen molar-refractivity contribution in [2.24, 2.45) is 17.8 Å². The molecule has 5 aliphatic rings. The molecule has 0 N–H and O–H groups in total. The summed E-state index contributed by atoms with van der Waals surface area (Å²) in [6, 6.07) is 16.1. The predicted molar refractivity (Wildman–Crippen MR) is 193 cm³/mol. The van der Waals surface area contributed by atoms with Crippen LogP contribution in [0.2, 0.25) is 5.15 Å². The summed E-state index contributed by atoms with van der Waals surface area (Å²) in [6.45, 7) is 6.03. The van der Waals surface area contributed by atoms with Gasteiger partial charge in [0.15, 0.2) is 0 Å². The van der Waals surface area contributed by atoms with E-state index in [1.165, 1.54) is 36.8 Å². The van der Waals surface area contributed by atoms with Crippen molar-refractivity contribution in [3.8, 4) is 52.1 Å². The quantitative estimate of drug-likeness (QED) is 0.185. The zero-order valence-corrected chi connectivity index (χ0v) is 29.1. The molecule has 4 aromatic rings. The van der Waals surface area contributed by atoms with Crippen LogP contribution in [0.1, 0.15) is 68.2 Å². The molecule has 9 heteroatoms. The Balaban J connectivity index is 0.000000152. The average molecular weight is 687 g/mol. The normalized spacial score (nSPS) is 19.4. The Morgan fingerprint density at radius 3 is 1.90 bits per heavy atom. The number of benzene rings is 2. The summed E-state index contributed by atoms with van der Waals surface area (Å²) in [5.74, 6) is 15.2. The lowest BCUT2D eigenvalue weighted by atomic mass is 9.95. The van der Waals surface area contributed by atoms with Gasteiger partial charge in [-0.25, -0.2) is 9.59 Å². The van der Waals surface area contributed by atoms with Gasteiger partial charge in [-0.1, -0.05) is 61.3 Å². The molecule has 1 unspecified atom stereocenters. The highest BCUT2D eigenvalue weighted by Gasteiger charge is 2.33. The standard InChI is InChI=1S/C24H26N2O3.C17H13ClN2O/c1-15(2)22-12-19(29-22)14-28-23-13-21-20-8-7-17(6-5-16-3-4-16)11-18(20)9-10-26(21)24(27)25-23;18-16-10-15-14-6-5-12(4-3-11-1-2-11)9-13(14)7-8-20(15)17(21)19-16/h7-8,11,13,15-16,19,22H,3-4,9-10,12,14H2,1-2H3;5-6,9-11H,1-2,7-8H2/t19?,22-;/m1./s1. The van der Waals surface area contributed by atoms with E-state index in [2.05, 4.69) is 65.7 Å². The summed E-state index contributed by atoms with van der Waals surface area (Å²) in [6.07, 6.45) is 7.97. The zero-order valence-electron chi connectivity index (χ0n) is 28.4. The Kier molecular flexibility index (Phi) is 8.85. The van der Waals surface area contributed by atoms with Crippen molar-refractivity contribution in [1.82, 2.24) is 19.1 Å². The fourth-order valence-corrected chi connectivity index (χ4v) is 6.85. The molecule has 5 heterocycles. The highest BCUT2D eigenvalue weighted by molar-refractivity contribution is 6.29. The van der Waals surface area contributed by atoms with Crippen LogP contribution in [0, 0.1) is 41.4 Å². The summed E-state index contributed by atoms with van der Waals surface area (Å²) >= 11 is 5.92. The van der Waals surface area contributed by atoms with Gasteiger partial charge in [0.1, 0.15) is 11.8 Å². The Labute approximate surface area is 296 Å². The summed E-state index contributed by atoms with van der Waals surface area (Å²) in [4.78, 5) is 32.3. The van der Waals surface area contributed by atoms with E-state index in [0.29, 0.717) is 49.4 Å². The van der Waals surface area contributed by atoms with Gasteiger partial charge < -0.3 is 9.47 Å². The highest BCUT2D eigenvalue weighted by atomic mass is 35.5. The largest absolute Gasteiger partial charge is 0.475 e. The van der Waals surface area contributed by atoms with E-state index >= 15 is 0 Å². The fourth-order valence-electron chi connectivity index (χ4n) is 6.67. The van der Waals surface area contributed by atoms with Crippen LogP contribution in [0.5, 0.6) is 5.88 Å². The first-order valence-corrected chi connectivity index (χ1v) is 18.1. The molecule has 2 aromatic heterocycles. The summed E-state index contributed by atoms with van der Waals surface area (Å²) < 4.78 is 15.1. The topological polar surface area (TPSA) is 88.2 Å². The second kappa shape index (κ2) is 13.6. The van der Waals surface area contributed by atoms with Crippen LogP contribution >= 0.6 is 11.6 Å². The lowest BCUT2D eigenvalue weighted by molar-refractivity contribution is -0.156. The first kappa shape index (κ1) is 32.6. The molecule has 9 rings (SSSR count). The molecule has 3 aliphatic heterocycles. The molecule has 254 valence electrons. The van der Waals surface area contributed by atoms with Crippen molar-refractivity contribution < 1.29 is 9.47 Å². The molecular weight excluding hydrogens is 648 g/mol. The van der Waals surface area contributed by atoms with Gasteiger partial charge in [-0.2, -0.15) is 9.97 Å². The van der Waals surface area contributed by atoms with E-state index in [-0.39, 0.29) is 22.6 Å². The van der Waals surface area contributed by atoms with Crippen molar-refractivity contribution >= 4 is 11.6 Å². The SMILES string of the molecule is CC(C)[C@H]1CC(COc2cc3n(c(=O)n2)CCc2cc(C#CC4CC4)ccc2-3)O1.O=c1nc(Cl)cc2n1CCc1cc(C#CC3CC3)ccc1-2. The van der Waals surface area contributed by atoms with Crippen LogP contribution in [0.4, 0.5) is 0 Å². The van der Waals surface area contributed by atoms with E-state index in [1.807, 2.05) is 24.3 Å². The number of halogens is 1. The van der Waals surface area contributed by atoms with Crippen LogP contribution < -0.4 is 16.1 Å². The molecule has 0 radical (unpaired) electrons. The lowest BCUT2D eigenvalue weighted by Crippen LogP contribution is -2.44. The maximum Gasteiger partial charge on any atom is 0.351 e. The predicted octanol–water partition coefficient (Wildman–Crippen LogP) is 6.30. The Bertz CT molecular complexity index is 2220. The van der Waals surface area contributed by atoms with Crippen LogP contribution in [0.3, 0.4) is 0 Å². The molecule has 2 saturated carbocycles. The summed E-state index contributed by atoms with van der Waals surface area (Å²) in [5, 5.41) is 0.247. The highest BCUT2D eigenvalue weighted by Crippen LogP contribution is 2.33. The van der Waals surface area contributed by atoms with Gasteiger partial charge in [0.25, 0.3) is 0 Å². The Morgan fingerprint density at radius 2 is 1.36 bits per heavy atom. The van der Waals surface area contributed by atoms with Crippen molar-refractivity contribution in [3.63, 3.8) is 0 Å². The third-order valence-corrected chi connectivity index (χ3v) is 10.2. The van der Waals surface area contributed by atoms with Gasteiger partial charge >= 0.3 is 11.4 Å². The van der Waals surface area contributed by atoms with Gasteiger partial charge in [0, 0.05) is 65.7 Å². The molecular formula is C41H39ClN4O4. The van der Waals surface area contributed by atoms with E-state index in [1.54, 1.807) is 15.2 Å². The minimum Gasteiger partial charge on any atom is -0.475 e. The van der Waals surface area contributed by atoms with E-state index in [0.717, 1.165) is 52.9 Å². The van der Waals surface area contributed by atoms with Crippen LogP contribution in [-0.2, 0) is 30.7 Å². The number of hydrogen-bond acceptors (Lipinski definition) is 6. The smallest absolute Gasteiger partial charge is 0.351 e. The molecule has 0 bridgehead atoms.